The normalized spacial score (nSPS) is 17.9. The Morgan fingerprint density at radius 1 is 1.40 bits per heavy atom. The SMILES string of the molecule is COc1ccc(CCCNC(=O)CC2CCCN2)cc1. The Morgan fingerprint density at radius 2 is 2.20 bits per heavy atom. The zero-order chi connectivity index (χ0) is 14.2. The molecule has 0 saturated carbocycles. The topological polar surface area (TPSA) is 50.4 Å². The van der Waals surface area contributed by atoms with Gasteiger partial charge in [0, 0.05) is 19.0 Å². The molecule has 110 valence electrons. The molecule has 0 radical (unpaired) electrons. The van der Waals surface area contributed by atoms with Gasteiger partial charge in [-0.15, -0.1) is 0 Å². The van der Waals surface area contributed by atoms with Gasteiger partial charge in [-0.05, 0) is 49.9 Å². The Balaban J connectivity index is 1.59. The van der Waals surface area contributed by atoms with E-state index in [1.807, 2.05) is 12.1 Å². The summed E-state index contributed by atoms with van der Waals surface area (Å²) in [5.74, 6) is 1.05. The van der Waals surface area contributed by atoms with Crippen LogP contribution in [0.5, 0.6) is 5.75 Å². The van der Waals surface area contributed by atoms with E-state index in [2.05, 4.69) is 22.8 Å². The number of carbonyl (C=O) groups excluding carboxylic acids is 1. The number of aryl methyl sites for hydroxylation is 1. The van der Waals surface area contributed by atoms with E-state index in [4.69, 9.17) is 4.74 Å². The van der Waals surface area contributed by atoms with E-state index in [1.165, 1.54) is 12.0 Å². The van der Waals surface area contributed by atoms with Crippen molar-refractivity contribution in [2.45, 2.75) is 38.1 Å². The first-order valence-corrected chi connectivity index (χ1v) is 7.41. The Kier molecular flexibility index (Phi) is 5.87. The summed E-state index contributed by atoms with van der Waals surface area (Å²) < 4.78 is 5.13. The van der Waals surface area contributed by atoms with Crippen molar-refractivity contribution in [2.24, 2.45) is 0 Å². The van der Waals surface area contributed by atoms with E-state index in [0.29, 0.717) is 12.5 Å². The van der Waals surface area contributed by atoms with Crippen molar-refractivity contribution in [3.63, 3.8) is 0 Å². The number of rotatable bonds is 7. The highest BCUT2D eigenvalue weighted by molar-refractivity contribution is 5.76. The number of benzene rings is 1. The van der Waals surface area contributed by atoms with Crippen LogP contribution in [-0.4, -0.2) is 32.1 Å². The van der Waals surface area contributed by atoms with Gasteiger partial charge in [0.15, 0.2) is 0 Å². The van der Waals surface area contributed by atoms with Gasteiger partial charge in [-0.1, -0.05) is 12.1 Å². The fourth-order valence-electron chi connectivity index (χ4n) is 2.54. The molecular weight excluding hydrogens is 252 g/mol. The standard InChI is InChI=1S/C16H24N2O2/c1-20-15-8-6-13(7-9-15)4-2-11-18-16(19)12-14-5-3-10-17-14/h6-9,14,17H,2-5,10-12H2,1H3,(H,18,19). The molecule has 1 heterocycles. The van der Waals surface area contributed by atoms with Crippen LogP contribution >= 0.6 is 0 Å². The maximum absolute atomic E-state index is 11.7. The molecule has 0 bridgehead atoms. The third kappa shape index (κ3) is 4.85. The van der Waals surface area contributed by atoms with Gasteiger partial charge in [-0.25, -0.2) is 0 Å². The molecule has 1 saturated heterocycles. The number of hydrogen-bond donors (Lipinski definition) is 2. The average Bonchev–Trinajstić information content (AvgIpc) is 2.97. The maximum atomic E-state index is 11.7. The van der Waals surface area contributed by atoms with E-state index in [1.54, 1.807) is 7.11 Å². The van der Waals surface area contributed by atoms with E-state index >= 15 is 0 Å². The molecule has 2 rings (SSSR count). The molecule has 0 aromatic heterocycles. The zero-order valence-corrected chi connectivity index (χ0v) is 12.2. The predicted molar refractivity (Wildman–Crippen MR) is 80.0 cm³/mol. The lowest BCUT2D eigenvalue weighted by Gasteiger charge is -2.10. The minimum absolute atomic E-state index is 0.166. The summed E-state index contributed by atoms with van der Waals surface area (Å²) in [7, 11) is 1.67. The first-order valence-electron chi connectivity index (χ1n) is 7.41. The van der Waals surface area contributed by atoms with E-state index < -0.39 is 0 Å². The summed E-state index contributed by atoms with van der Waals surface area (Å²) in [5.41, 5.74) is 1.28. The second kappa shape index (κ2) is 7.90. The van der Waals surface area contributed by atoms with E-state index in [9.17, 15) is 4.79 Å². The van der Waals surface area contributed by atoms with Crippen LogP contribution in [0.4, 0.5) is 0 Å². The molecular formula is C16H24N2O2. The largest absolute Gasteiger partial charge is 0.497 e. The highest BCUT2D eigenvalue weighted by atomic mass is 16.5. The highest BCUT2D eigenvalue weighted by Crippen LogP contribution is 2.12. The Hall–Kier alpha value is -1.55. The second-order valence-electron chi connectivity index (χ2n) is 5.30. The van der Waals surface area contributed by atoms with Crippen LogP contribution in [0.3, 0.4) is 0 Å². The smallest absolute Gasteiger partial charge is 0.221 e. The summed E-state index contributed by atoms with van der Waals surface area (Å²) in [5, 5.41) is 6.34. The summed E-state index contributed by atoms with van der Waals surface area (Å²) in [4.78, 5) is 11.7. The van der Waals surface area contributed by atoms with Crippen molar-refractivity contribution in [3.8, 4) is 5.75 Å². The molecule has 1 aromatic carbocycles. The predicted octanol–water partition coefficient (Wildman–Crippen LogP) is 1.89. The van der Waals surface area contributed by atoms with Gasteiger partial charge in [0.05, 0.1) is 7.11 Å². The van der Waals surface area contributed by atoms with Crippen LogP contribution in [0.25, 0.3) is 0 Å². The van der Waals surface area contributed by atoms with Crippen molar-refractivity contribution in [1.29, 1.82) is 0 Å². The minimum atomic E-state index is 0.166. The average molecular weight is 276 g/mol. The van der Waals surface area contributed by atoms with Crippen LogP contribution in [-0.2, 0) is 11.2 Å². The van der Waals surface area contributed by atoms with Crippen molar-refractivity contribution in [1.82, 2.24) is 10.6 Å². The summed E-state index contributed by atoms with van der Waals surface area (Å²) >= 11 is 0. The molecule has 1 aromatic rings. The second-order valence-corrected chi connectivity index (χ2v) is 5.30. The lowest BCUT2D eigenvalue weighted by atomic mass is 10.1. The number of amides is 1. The molecule has 1 aliphatic heterocycles. The van der Waals surface area contributed by atoms with Crippen LogP contribution in [0, 0.1) is 0 Å². The zero-order valence-electron chi connectivity index (χ0n) is 12.2. The minimum Gasteiger partial charge on any atom is -0.497 e. The number of methoxy groups -OCH3 is 1. The van der Waals surface area contributed by atoms with Gasteiger partial charge in [-0.3, -0.25) is 4.79 Å². The lowest BCUT2D eigenvalue weighted by Crippen LogP contribution is -2.32. The highest BCUT2D eigenvalue weighted by Gasteiger charge is 2.16. The molecule has 2 N–H and O–H groups in total. The molecule has 0 spiro atoms. The molecule has 0 aliphatic carbocycles. The molecule has 20 heavy (non-hydrogen) atoms. The van der Waals surface area contributed by atoms with Crippen molar-refractivity contribution < 1.29 is 9.53 Å². The lowest BCUT2D eigenvalue weighted by molar-refractivity contribution is -0.121. The Bertz CT molecular complexity index is 411. The molecule has 1 fully saturated rings. The maximum Gasteiger partial charge on any atom is 0.221 e. The van der Waals surface area contributed by atoms with Crippen LogP contribution < -0.4 is 15.4 Å². The van der Waals surface area contributed by atoms with Gasteiger partial charge in [0.25, 0.3) is 0 Å². The number of nitrogens with one attached hydrogen (secondary N) is 2. The van der Waals surface area contributed by atoms with Gasteiger partial charge in [-0.2, -0.15) is 0 Å². The molecule has 1 atom stereocenters. The van der Waals surface area contributed by atoms with Gasteiger partial charge in [0.2, 0.25) is 5.91 Å². The molecule has 1 amide bonds. The van der Waals surface area contributed by atoms with Crippen molar-refractivity contribution in [3.05, 3.63) is 29.8 Å². The van der Waals surface area contributed by atoms with Crippen molar-refractivity contribution >= 4 is 5.91 Å². The fourth-order valence-corrected chi connectivity index (χ4v) is 2.54. The third-order valence-corrected chi connectivity index (χ3v) is 3.72. The van der Waals surface area contributed by atoms with Gasteiger partial charge >= 0.3 is 0 Å². The molecule has 1 unspecified atom stereocenters. The van der Waals surface area contributed by atoms with E-state index in [0.717, 1.165) is 38.1 Å². The van der Waals surface area contributed by atoms with E-state index in [-0.39, 0.29) is 5.91 Å². The monoisotopic (exact) mass is 276 g/mol. The van der Waals surface area contributed by atoms with Crippen LogP contribution in [0.15, 0.2) is 24.3 Å². The fraction of sp³-hybridized carbons (Fsp3) is 0.562. The summed E-state index contributed by atoms with van der Waals surface area (Å²) in [6.07, 6.45) is 4.87. The Labute approximate surface area is 120 Å². The van der Waals surface area contributed by atoms with Crippen molar-refractivity contribution in [2.75, 3.05) is 20.2 Å². The summed E-state index contributed by atoms with van der Waals surface area (Å²) in [6.45, 7) is 1.80. The molecule has 4 heteroatoms. The first-order chi connectivity index (χ1) is 9.78. The van der Waals surface area contributed by atoms with Crippen LogP contribution in [0.1, 0.15) is 31.2 Å². The number of carbonyl (C=O) groups is 1. The number of ether oxygens (including phenoxy) is 1. The van der Waals surface area contributed by atoms with Crippen LogP contribution in [0.2, 0.25) is 0 Å². The molecule has 4 nitrogen and oxygen atoms in total. The molecule has 1 aliphatic rings. The first kappa shape index (κ1) is 14.9. The Morgan fingerprint density at radius 3 is 2.85 bits per heavy atom. The van der Waals surface area contributed by atoms with Gasteiger partial charge < -0.3 is 15.4 Å². The third-order valence-electron chi connectivity index (χ3n) is 3.72. The summed E-state index contributed by atoms with van der Waals surface area (Å²) in [6, 6.07) is 8.47. The van der Waals surface area contributed by atoms with Gasteiger partial charge in [0.1, 0.15) is 5.75 Å². The quantitative estimate of drug-likeness (QED) is 0.748. The number of hydrogen-bond acceptors (Lipinski definition) is 3.